The van der Waals surface area contributed by atoms with E-state index in [4.69, 9.17) is 9.47 Å². The van der Waals surface area contributed by atoms with Gasteiger partial charge in [-0.15, -0.1) is 0 Å². The first-order valence-electron chi connectivity index (χ1n) is 17.5. The van der Waals surface area contributed by atoms with Gasteiger partial charge in [0.1, 0.15) is 0 Å². The van der Waals surface area contributed by atoms with Crippen molar-refractivity contribution in [1.82, 2.24) is 4.90 Å². The molecule has 234 valence electrons. The van der Waals surface area contributed by atoms with Gasteiger partial charge in [-0.25, -0.2) is 0 Å². The Kier molecular flexibility index (Phi) is 25.0. The molecular weight excluding hydrogens is 490 g/mol. The van der Waals surface area contributed by atoms with E-state index in [9.17, 15) is 0 Å². The third kappa shape index (κ3) is 21.8. The summed E-state index contributed by atoms with van der Waals surface area (Å²) in [5.74, 6) is -0.319. The van der Waals surface area contributed by atoms with Gasteiger partial charge >= 0.3 is 0 Å². The highest BCUT2D eigenvalue weighted by atomic mass is 16.7. The van der Waals surface area contributed by atoms with Gasteiger partial charge < -0.3 is 14.4 Å². The lowest BCUT2D eigenvalue weighted by Crippen LogP contribution is -2.33. The van der Waals surface area contributed by atoms with Gasteiger partial charge in [0, 0.05) is 19.4 Å². The number of likely N-dealkylation sites (N-methyl/N-ethyl adjacent to an activating group) is 1. The van der Waals surface area contributed by atoms with Crippen molar-refractivity contribution in [2.24, 2.45) is 0 Å². The van der Waals surface area contributed by atoms with E-state index >= 15 is 0 Å². The van der Waals surface area contributed by atoms with Crippen molar-refractivity contribution in [2.45, 2.75) is 173 Å². The van der Waals surface area contributed by atoms with Gasteiger partial charge in [-0.05, 0) is 78.3 Å². The van der Waals surface area contributed by atoms with Crippen molar-refractivity contribution in [3.63, 3.8) is 0 Å². The van der Waals surface area contributed by atoms with Crippen molar-refractivity contribution in [3.05, 3.63) is 36.5 Å². The van der Waals surface area contributed by atoms with Crippen molar-refractivity contribution >= 4 is 0 Å². The maximum Gasteiger partial charge on any atom is 0.168 e. The van der Waals surface area contributed by atoms with E-state index in [0.29, 0.717) is 0 Å². The van der Waals surface area contributed by atoms with Gasteiger partial charge in [0.05, 0.1) is 12.7 Å². The van der Waals surface area contributed by atoms with Crippen LogP contribution in [0.15, 0.2) is 36.5 Å². The van der Waals surface area contributed by atoms with Gasteiger partial charge in [-0.2, -0.15) is 0 Å². The molecule has 0 aromatic carbocycles. The normalized spacial score (nSPS) is 19.9. The Labute approximate surface area is 251 Å². The summed E-state index contributed by atoms with van der Waals surface area (Å²) in [6.45, 7) is 6.23. The molecule has 2 atom stereocenters. The van der Waals surface area contributed by atoms with Gasteiger partial charge in [-0.1, -0.05) is 121 Å². The first-order valence-corrected chi connectivity index (χ1v) is 17.5. The summed E-state index contributed by atoms with van der Waals surface area (Å²) >= 11 is 0. The van der Waals surface area contributed by atoms with Gasteiger partial charge in [-0.3, -0.25) is 0 Å². The lowest BCUT2D eigenvalue weighted by atomic mass is 9.98. The molecule has 1 aliphatic rings. The zero-order valence-electron chi connectivity index (χ0n) is 27.5. The Bertz CT molecular complexity index is 626. The van der Waals surface area contributed by atoms with Crippen LogP contribution in [-0.4, -0.2) is 44.0 Å². The standard InChI is InChI=1S/C37H69NO2/c1-5-7-9-11-13-15-17-18-19-20-21-23-25-27-29-31-33-37(39-35-36(40-37)34-38(3)4)32-30-28-26-24-22-16-14-12-10-8-6-2/h10,12-13,15,18-19,36H,5-9,11,14,16-17,20-35H2,1-4H3/b12-10-,15-13-,19-18-. The Morgan fingerprint density at radius 2 is 1.05 bits per heavy atom. The zero-order valence-corrected chi connectivity index (χ0v) is 27.5. The predicted molar refractivity (Wildman–Crippen MR) is 177 cm³/mol. The van der Waals surface area contributed by atoms with Crippen LogP contribution in [0.3, 0.4) is 0 Å². The molecule has 0 aromatic heterocycles. The molecule has 1 heterocycles. The molecule has 0 bridgehead atoms. The van der Waals surface area contributed by atoms with E-state index in [0.717, 1.165) is 32.4 Å². The minimum absolute atomic E-state index is 0.223. The third-order valence-electron chi connectivity index (χ3n) is 8.04. The van der Waals surface area contributed by atoms with Crippen LogP contribution in [0.1, 0.15) is 162 Å². The highest BCUT2D eigenvalue weighted by Crippen LogP contribution is 2.35. The van der Waals surface area contributed by atoms with Crippen molar-refractivity contribution in [1.29, 1.82) is 0 Å². The second-order valence-electron chi connectivity index (χ2n) is 12.5. The molecule has 0 radical (unpaired) electrons. The first kappa shape index (κ1) is 37.1. The quantitative estimate of drug-likeness (QED) is 0.0703. The van der Waals surface area contributed by atoms with Gasteiger partial charge in [0.15, 0.2) is 5.79 Å². The molecule has 40 heavy (non-hydrogen) atoms. The van der Waals surface area contributed by atoms with Gasteiger partial charge in [0.25, 0.3) is 0 Å². The molecule has 0 aromatic rings. The number of rotatable bonds is 28. The van der Waals surface area contributed by atoms with Crippen LogP contribution in [0, 0.1) is 0 Å². The lowest BCUT2D eigenvalue weighted by Gasteiger charge is -2.29. The smallest absolute Gasteiger partial charge is 0.168 e. The molecule has 3 heteroatoms. The fourth-order valence-corrected chi connectivity index (χ4v) is 5.65. The fraction of sp³-hybridized carbons (Fsp3) is 0.838. The van der Waals surface area contributed by atoms with Crippen LogP contribution >= 0.6 is 0 Å². The fourth-order valence-electron chi connectivity index (χ4n) is 5.65. The zero-order chi connectivity index (χ0) is 29.0. The molecule has 1 aliphatic heterocycles. The second-order valence-corrected chi connectivity index (χ2v) is 12.5. The maximum absolute atomic E-state index is 6.59. The SMILES string of the molecule is CCC/C=C\CCCCCCCCC1(CCCCCCCC/C=C\C/C=C\CCCCC)OCC(CN(C)C)O1. The summed E-state index contributed by atoms with van der Waals surface area (Å²) in [5, 5.41) is 0. The summed E-state index contributed by atoms with van der Waals surface area (Å²) in [6.07, 6.45) is 43.7. The van der Waals surface area contributed by atoms with E-state index in [2.05, 4.69) is 69.3 Å². The molecule has 0 spiro atoms. The number of hydrogen-bond acceptors (Lipinski definition) is 3. The number of hydrogen-bond donors (Lipinski definition) is 0. The summed E-state index contributed by atoms with van der Waals surface area (Å²) in [4.78, 5) is 2.22. The monoisotopic (exact) mass is 560 g/mol. The van der Waals surface area contributed by atoms with Crippen LogP contribution in [-0.2, 0) is 9.47 Å². The second kappa shape index (κ2) is 27.0. The van der Waals surface area contributed by atoms with Crippen LogP contribution in [0.25, 0.3) is 0 Å². The third-order valence-corrected chi connectivity index (χ3v) is 8.04. The van der Waals surface area contributed by atoms with Crippen molar-refractivity contribution in [2.75, 3.05) is 27.2 Å². The topological polar surface area (TPSA) is 21.7 Å². The molecule has 3 nitrogen and oxygen atoms in total. The number of unbranched alkanes of at least 4 members (excludes halogenated alkanes) is 16. The highest BCUT2D eigenvalue weighted by Gasteiger charge is 2.40. The van der Waals surface area contributed by atoms with Crippen molar-refractivity contribution < 1.29 is 9.47 Å². The molecule has 1 saturated heterocycles. The predicted octanol–water partition coefficient (Wildman–Crippen LogP) is 11.3. The molecule has 0 saturated carbocycles. The summed E-state index contributed by atoms with van der Waals surface area (Å²) in [6, 6.07) is 0. The number of nitrogens with zero attached hydrogens (tertiary/aromatic N) is 1. The molecule has 2 unspecified atom stereocenters. The van der Waals surface area contributed by atoms with Gasteiger partial charge in [0.2, 0.25) is 0 Å². The van der Waals surface area contributed by atoms with Crippen molar-refractivity contribution in [3.8, 4) is 0 Å². The largest absolute Gasteiger partial charge is 0.347 e. The van der Waals surface area contributed by atoms with Crippen LogP contribution in [0.2, 0.25) is 0 Å². The summed E-state index contributed by atoms with van der Waals surface area (Å²) in [5.41, 5.74) is 0. The Morgan fingerprint density at radius 3 is 1.57 bits per heavy atom. The molecule has 0 amide bonds. The van der Waals surface area contributed by atoms with E-state index in [1.54, 1.807) is 0 Å². The van der Waals surface area contributed by atoms with Crippen LogP contribution in [0.4, 0.5) is 0 Å². The molecule has 0 N–H and O–H groups in total. The van der Waals surface area contributed by atoms with Crippen LogP contribution < -0.4 is 0 Å². The average molecular weight is 560 g/mol. The van der Waals surface area contributed by atoms with E-state index in [1.807, 2.05) is 0 Å². The van der Waals surface area contributed by atoms with E-state index < -0.39 is 0 Å². The molecule has 0 aliphatic carbocycles. The van der Waals surface area contributed by atoms with Crippen LogP contribution in [0.5, 0.6) is 0 Å². The first-order chi connectivity index (χ1) is 19.6. The Hall–Kier alpha value is -0.900. The minimum atomic E-state index is -0.319. The maximum atomic E-state index is 6.59. The number of ether oxygens (including phenoxy) is 2. The highest BCUT2D eigenvalue weighted by molar-refractivity contribution is 4.92. The molecule has 1 rings (SSSR count). The molecule has 1 fully saturated rings. The van der Waals surface area contributed by atoms with E-state index in [-0.39, 0.29) is 11.9 Å². The van der Waals surface area contributed by atoms with E-state index in [1.165, 1.54) is 128 Å². The number of allylic oxidation sites excluding steroid dienone is 6. The lowest BCUT2D eigenvalue weighted by molar-refractivity contribution is -0.180. The average Bonchev–Trinajstić information content (AvgIpc) is 3.33. The Morgan fingerprint density at radius 1 is 0.575 bits per heavy atom. The summed E-state index contributed by atoms with van der Waals surface area (Å²) < 4.78 is 13.0. The molecular formula is C37H69NO2. The Balaban J connectivity index is 2.15. The minimum Gasteiger partial charge on any atom is -0.347 e. The summed E-state index contributed by atoms with van der Waals surface area (Å²) in [7, 11) is 4.26.